The van der Waals surface area contributed by atoms with Crippen LogP contribution in [0.1, 0.15) is 97.8 Å². The zero-order valence-electron chi connectivity index (χ0n) is 18.7. The van der Waals surface area contributed by atoms with E-state index in [0.29, 0.717) is 23.2 Å². The van der Waals surface area contributed by atoms with E-state index >= 15 is 0 Å². The van der Waals surface area contributed by atoms with Gasteiger partial charge in [-0.05, 0) is 104 Å². The molecule has 4 rings (SSSR count). The first kappa shape index (κ1) is 21.9. The van der Waals surface area contributed by atoms with Crippen LogP contribution in [-0.2, 0) is 4.79 Å². The van der Waals surface area contributed by atoms with Gasteiger partial charge in [-0.15, -0.1) is 13.2 Å². The van der Waals surface area contributed by atoms with Crippen molar-refractivity contribution in [2.24, 2.45) is 46.3 Å². The summed E-state index contributed by atoms with van der Waals surface area (Å²) in [5.41, 5.74) is 1.12. The number of carbonyl (C=O) groups is 1. The number of hydrogen-bond acceptors (Lipinski definition) is 1. The number of fused-ring (bicyclic) bond motifs is 5. The SMILES string of the molecule is C=C.C[C@H](CCC(=O)O)C1CCC2C3CCC4CCCC[C@]4(C)C3CC[C@@]21C. The van der Waals surface area contributed by atoms with E-state index in [1.54, 1.807) is 0 Å². The number of aliphatic carboxylic acids is 1. The van der Waals surface area contributed by atoms with E-state index in [2.05, 4.69) is 33.9 Å². The van der Waals surface area contributed by atoms with Crippen LogP contribution in [-0.4, -0.2) is 11.1 Å². The second kappa shape index (κ2) is 8.52. The molecular formula is C26H44O2. The quantitative estimate of drug-likeness (QED) is 0.511. The van der Waals surface area contributed by atoms with Crippen LogP contribution in [0.3, 0.4) is 0 Å². The fourth-order valence-electron chi connectivity index (χ4n) is 8.82. The zero-order valence-corrected chi connectivity index (χ0v) is 18.7. The van der Waals surface area contributed by atoms with Crippen LogP contribution in [0.15, 0.2) is 13.2 Å². The summed E-state index contributed by atoms with van der Waals surface area (Å²) in [4.78, 5) is 11.0. The lowest BCUT2D eigenvalue weighted by atomic mass is 9.44. The Morgan fingerprint density at radius 2 is 1.68 bits per heavy atom. The van der Waals surface area contributed by atoms with E-state index in [4.69, 9.17) is 5.11 Å². The molecule has 0 radical (unpaired) electrons. The molecule has 0 amide bonds. The summed E-state index contributed by atoms with van der Waals surface area (Å²) >= 11 is 0. The van der Waals surface area contributed by atoms with Gasteiger partial charge in [0.15, 0.2) is 0 Å². The van der Waals surface area contributed by atoms with Crippen LogP contribution in [0.25, 0.3) is 0 Å². The van der Waals surface area contributed by atoms with Gasteiger partial charge in [0.2, 0.25) is 0 Å². The van der Waals surface area contributed by atoms with Crippen molar-refractivity contribution in [2.75, 3.05) is 0 Å². The highest BCUT2D eigenvalue weighted by atomic mass is 16.4. The highest BCUT2D eigenvalue weighted by molar-refractivity contribution is 5.66. The van der Waals surface area contributed by atoms with Gasteiger partial charge in [0.1, 0.15) is 0 Å². The van der Waals surface area contributed by atoms with Crippen molar-refractivity contribution in [1.29, 1.82) is 0 Å². The minimum Gasteiger partial charge on any atom is -0.481 e. The second-order valence-corrected chi connectivity index (χ2v) is 11.0. The molecule has 2 heteroatoms. The molecule has 5 unspecified atom stereocenters. The first-order chi connectivity index (χ1) is 13.4. The van der Waals surface area contributed by atoms with Crippen LogP contribution in [0, 0.1) is 46.3 Å². The number of rotatable bonds is 4. The summed E-state index contributed by atoms with van der Waals surface area (Å²) in [6, 6.07) is 0. The molecule has 0 bridgehead atoms. The molecule has 2 nitrogen and oxygen atoms in total. The first-order valence-corrected chi connectivity index (χ1v) is 12.1. The van der Waals surface area contributed by atoms with Gasteiger partial charge in [-0.2, -0.15) is 0 Å². The van der Waals surface area contributed by atoms with Crippen LogP contribution >= 0.6 is 0 Å². The third kappa shape index (κ3) is 3.58. The summed E-state index contributed by atoms with van der Waals surface area (Å²) in [5, 5.41) is 9.09. The molecule has 0 spiro atoms. The van der Waals surface area contributed by atoms with E-state index in [1.807, 2.05) is 0 Å². The maximum atomic E-state index is 11.0. The molecule has 0 aromatic rings. The molecule has 4 aliphatic rings. The summed E-state index contributed by atoms with van der Waals surface area (Å²) < 4.78 is 0. The molecule has 4 fully saturated rings. The summed E-state index contributed by atoms with van der Waals surface area (Å²) in [7, 11) is 0. The second-order valence-electron chi connectivity index (χ2n) is 11.0. The number of carboxylic acid groups (broad SMARTS) is 1. The third-order valence-electron chi connectivity index (χ3n) is 10.2. The van der Waals surface area contributed by atoms with Crippen molar-refractivity contribution in [3.63, 3.8) is 0 Å². The first-order valence-electron chi connectivity index (χ1n) is 12.1. The minimum absolute atomic E-state index is 0.351. The maximum Gasteiger partial charge on any atom is 0.303 e. The van der Waals surface area contributed by atoms with E-state index in [0.717, 1.165) is 36.0 Å². The topological polar surface area (TPSA) is 37.3 Å². The van der Waals surface area contributed by atoms with Gasteiger partial charge in [-0.25, -0.2) is 0 Å². The Balaban J connectivity index is 0.00000109. The van der Waals surface area contributed by atoms with Gasteiger partial charge in [0.05, 0.1) is 0 Å². The predicted octanol–water partition coefficient (Wildman–Crippen LogP) is 7.34. The monoisotopic (exact) mass is 388 g/mol. The highest BCUT2D eigenvalue weighted by Crippen LogP contribution is 2.68. The maximum absolute atomic E-state index is 11.0. The molecule has 0 aromatic carbocycles. The molecule has 160 valence electrons. The molecule has 28 heavy (non-hydrogen) atoms. The van der Waals surface area contributed by atoms with Crippen molar-refractivity contribution in [2.45, 2.75) is 97.8 Å². The van der Waals surface area contributed by atoms with Gasteiger partial charge in [0, 0.05) is 6.42 Å². The van der Waals surface area contributed by atoms with E-state index in [9.17, 15) is 4.79 Å². The normalized spacial score (nSPS) is 45.6. The number of hydrogen-bond donors (Lipinski definition) is 1. The van der Waals surface area contributed by atoms with E-state index in [1.165, 1.54) is 64.2 Å². The van der Waals surface area contributed by atoms with Crippen LogP contribution in [0.4, 0.5) is 0 Å². The highest BCUT2D eigenvalue weighted by Gasteiger charge is 2.60. The van der Waals surface area contributed by atoms with Gasteiger partial charge >= 0.3 is 5.97 Å². The molecular weight excluding hydrogens is 344 g/mol. The fourth-order valence-corrected chi connectivity index (χ4v) is 8.82. The third-order valence-corrected chi connectivity index (χ3v) is 10.2. The van der Waals surface area contributed by atoms with Crippen molar-refractivity contribution in [1.82, 2.24) is 0 Å². The van der Waals surface area contributed by atoms with Crippen LogP contribution < -0.4 is 0 Å². The summed E-state index contributed by atoms with van der Waals surface area (Å²) in [6.07, 6.45) is 15.7. The molecule has 0 aromatic heterocycles. The molecule has 0 heterocycles. The molecule has 8 atom stereocenters. The van der Waals surface area contributed by atoms with Gasteiger partial charge in [0.25, 0.3) is 0 Å². The summed E-state index contributed by atoms with van der Waals surface area (Å²) in [5.74, 6) is 4.57. The molecule has 1 N–H and O–H groups in total. The molecule has 0 saturated heterocycles. The Hall–Kier alpha value is -0.790. The standard InChI is InChI=1S/C24H40O2.C2H4/c1-16(7-12-22(25)26)19-10-11-20-18-9-8-17-6-4-5-14-23(17,2)21(18)13-15-24(19,20)3;1-2/h16-21H,4-15H2,1-3H3,(H,25,26);1-2H2/t16-,17?,18?,19?,20?,21?,23+,24-;/m1./s1. The zero-order chi connectivity index (χ0) is 20.5. The smallest absolute Gasteiger partial charge is 0.303 e. The van der Waals surface area contributed by atoms with Gasteiger partial charge < -0.3 is 5.11 Å². The van der Waals surface area contributed by atoms with Crippen molar-refractivity contribution >= 4 is 5.97 Å². The lowest BCUT2D eigenvalue weighted by molar-refractivity contribution is -0.137. The Bertz CT molecular complexity index is 557. The van der Waals surface area contributed by atoms with Gasteiger partial charge in [-0.3, -0.25) is 4.79 Å². The van der Waals surface area contributed by atoms with Crippen LogP contribution in [0.5, 0.6) is 0 Å². The Morgan fingerprint density at radius 1 is 0.964 bits per heavy atom. The molecule has 4 saturated carbocycles. The largest absolute Gasteiger partial charge is 0.481 e. The predicted molar refractivity (Wildman–Crippen MR) is 117 cm³/mol. The fraction of sp³-hybridized carbons (Fsp3) is 0.885. The molecule has 4 aliphatic carbocycles. The minimum atomic E-state index is -0.621. The Morgan fingerprint density at radius 3 is 2.39 bits per heavy atom. The number of carboxylic acids is 1. The lowest BCUT2D eigenvalue weighted by Gasteiger charge is -2.61. The molecule has 0 aliphatic heterocycles. The average molecular weight is 389 g/mol. The Labute approximate surface area is 173 Å². The van der Waals surface area contributed by atoms with Crippen molar-refractivity contribution < 1.29 is 9.90 Å². The van der Waals surface area contributed by atoms with E-state index in [-0.39, 0.29) is 0 Å². The van der Waals surface area contributed by atoms with Crippen LogP contribution in [0.2, 0.25) is 0 Å². The van der Waals surface area contributed by atoms with Crippen molar-refractivity contribution in [3.8, 4) is 0 Å². The van der Waals surface area contributed by atoms with Gasteiger partial charge in [-0.1, -0.05) is 33.6 Å². The average Bonchev–Trinajstić information content (AvgIpc) is 3.04. The lowest BCUT2D eigenvalue weighted by Crippen LogP contribution is -2.53. The van der Waals surface area contributed by atoms with Crippen molar-refractivity contribution in [3.05, 3.63) is 13.2 Å². The Kier molecular flexibility index (Phi) is 6.67. The van der Waals surface area contributed by atoms with E-state index < -0.39 is 5.97 Å². The summed E-state index contributed by atoms with van der Waals surface area (Å²) in [6.45, 7) is 13.6.